The van der Waals surface area contributed by atoms with Gasteiger partial charge in [0.15, 0.2) is 0 Å². The molecule has 1 unspecified atom stereocenters. The van der Waals surface area contributed by atoms with Crippen molar-refractivity contribution in [3.63, 3.8) is 0 Å². The maximum absolute atomic E-state index is 7.71. The minimum Gasteiger partial charge on any atom is -0.368 e. The van der Waals surface area contributed by atoms with Crippen molar-refractivity contribution in [2.75, 3.05) is 20.1 Å². The van der Waals surface area contributed by atoms with Crippen LogP contribution in [0.15, 0.2) is 29.0 Å². The molecule has 0 fully saturated rings. The summed E-state index contributed by atoms with van der Waals surface area (Å²) in [5, 5.41) is 11.0. The highest BCUT2D eigenvalue weighted by atomic mass is 15.1. The third-order valence-electron chi connectivity index (χ3n) is 3.04. The second-order valence-electron chi connectivity index (χ2n) is 5.13. The van der Waals surface area contributed by atoms with Crippen LogP contribution >= 0.6 is 0 Å². The molecule has 0 aromatic carbocycles. The van der Waals surface area contributed by atoms with Gasteiger partial charge in [-0.05, 0) is 59.6 Å². The number of unbranched alkanes of at least 4 members (excludes halogenated alkanes) is 1. The summed E-state index contributed by atoms with van der Waals surface area (Å²) in [4.78, 5) is 6.29. The summed E-state index contributed by atoms with van der Waals surface area (Å²) in [6.45, 7) is 12.0. The zero-order valence-electron chi connectivity index (χ0n) is 13.4. The number of allylic oxidation sites excluding steroid dienone is 3. The van der Waals surface area contributed by atoms with Crippen LogP contribution in [0.3, 0.4) is 0 Å². The monoisotopic (exact) mass is 278 g/mol. The molecule has 0 saturated carbocycles. The lowest BCUT2D eigenvalue weighted by molar-refractivity contribution is 0.309. The summed E-state index contributed by atoms with van der Waals surface area (Å²) < 4.78 is 0. The minimum absolute atomic E-state index is 0.314. The Balaban J connectivity index is 4.18. The summed E-state index contributed by atoms with van der Waals surface area (Å²) >= 11 is 0. The molecule has 0 aliphatic heterocycles. The average Bonchev–Trinajstić information content (AvgIpc) is 2.42. The van der Waals surface area contributed by atoms with Gasteiger partial charge in [0.25, 0.3) is 0 Å². The Morgan fingerprint density at radius 3 is 2.70 bits per heavy atom. The Kier molecular flexibility index (Phi) is 10.6. The van der Waals surface area contributed by atoms with E-state index in [0.29, 0.717) is 17.6 Å². The van der Waals surface area contributed by atoms with Gasteiger partial charge in [-0.15, -0.1) is 0 Å². The van der Waals surface area contributed by atoms with Gasteiger partial charge in [-0.2, -0.15) is 0 Å². The van der Waals surface area contributed by atoms with E-state index in [1.807, 2.05) is 13.0 Å². The van der Waals surface area contributed by atoms with Crippen molar-refractivity contribution in [1.82, 2.24) is 10.2 Å². The van der Waals surface area contributed by atoms with Crippen LogP contribution in [0.5, 0.6) is 0 Å². The maximum Gasteiger partial charge on any atom is 0.127 e. The van der Waals surface area contributed by atoms with Crippen LogP contribution in [0.1, 0.15) is 40.0 Å². The van der Waals surface area contributed by atoms with Gasteiger partial charge in [-0.25, -0.2) is 4.99 Å². The molecule has 0 aliphatic carbocycles. The highest BCUT2D eigenvalue weighted by Crippen LogP contribution is 2.01. The largest absolute Gasteiger partial charge is 0.368 e. The van der Waals surface area contributed by atoms with E-state index in [9.17, 15) is 0 Å². The molecular weight excluding hydrogens is 248 g/mol. The topological polar surface area (TPSA) is 51.5 Å². The average molecular weight is 278 g/mol. The van der Waals surface area contributed by atoms with Gasteiger partial charge < -0.3 is 15.6 Å². The van der Waals surface area contributed by atoms with Crippen molar-refractivity contribution in [2.45, 2.75) is 46.1 Å². The molecule has 0 aromatic rings. The Hall–Kier alpha value is -1.42. The smallest absolute Gasteiger partial charge is 0.127 e. The third-order valence-corrected chi connectivity index (χ3v) is 3.04. The highest BCUT2D eigenvalue weighted by molar-refractivity contribution is 6.01. The van der Waals surface area contributed by atoms with Gasteiger partial charge in [0.05, 0.1) is 5.71 Å². The summed E-state index contributed by atoms with van der Waals surface area (Å²) in [7, 11) is 2.16. The standard InChI is InChI=1S/C16H30N4/c1-6-8-11-20(5)12-10-14(3)19-16(18-4)13-15(17)9-7-2/h7,9,13-14,17,19H,4,6,8,10-12H2,1-3,5H3/b9-7-,16-13+,17-15?. The lowest BCUT2D eigenvalue weighted by atomic mass is 10.2. The lowest BCUT2D eigenvalue weighted by Gasteiger charge is -2.20. The van der Waals surface area contributed by atoms with Gasteiger partial charge in [0.1, 0.15) is 5.82 Å². The first-order chi connectivity index (χ1) is 9.53. The van der Waals surface area contributed by atoms with Crippen LogP contribution in [-0.4, -0.2) is 43.5 Å². The van der Waals surface area contributed by atoms with Crippen molar-refractivity contribution in [3.05, 3.63) is 24.0 Å². The van der Waals surface area contributed by atoms with E-state index in [4.69, 9.17) is 5.41 Å². The van der Waals surface area contributed by atoms with Gasteiger partial charge in [-0.1, -0.05) is 19.4 Å². The van der Waals surface area contributed by atoms with Crippen LogP contribution in [0.25, 0.3) is 0 Å². The number of nitrogens with zero attached hydrogens (tertiary/aromatic N) is 2. The lowest BCUT2D eigenvalue weighted by Crippen LogP contribution is -2.30. The van der Waals surface area contributed by atoms with Gasteiger partial charge in [0.2, 0.25) is 0 Å². The summed E-state index contributed by atoms with van der Waals surface area (Å²) in [5.74, 6) is 0.664. The number of aliphatic imine (C=N–C) groups is 1. The molecule has 0 bridgehead atoms. The van der Waals surface area contributed by atoms with Crippen LogP contribution in [0.2, 0.25) is 0 Å². The summed E-state index contributed by atoms with van der Waals surface area (Å²) in [5.41, 5.74) is 0.426. The second-order valence-corrected chi connectivity index (χ2v) is 5.13. The van der Waals surface area contributed by atoms with E-state index in [2.05, 4.69) is 42.8 Å². The number of nitrogens with one attached hydrogen (secondary N) is 2. The summed E-state index contributed by atoms with van der Waals surface area (Å²) in [6.07, 6.45) is 8.80. The molecule has 4 heteroatoms. The predicted molar refractivity (Wildman–Crippen MR) is 89.8 cm³/mol. The van der Waals surface area contributed by atoms with Gasteiger partial charge in [0, 0.05) is 12.1 Å². The molecule has 0 amide bonds. The molecule has 0 rings (SSSR count). The Morgan fingerprint density at radius 1 is 1.45 bits per heavy atom. The molecule has 0 heterocycles. The first kappa shape index (κ1) is 18.6. The van der Waals surface area contributed by atoms with E-state index in [1.54, 1.807) is 12.2 Å². The normalized spacial score (nSPS) is 13.8. The Bertz CT molecular complexity index is 344. The van der Waals surface area contributed by atoms with Crippen molar-refractivity contribution in [3.8, 4) is 0 Å². The first-order valence-corrected chi connectivity index (χ1v) is 7.38. The molecule has 0 aromatic heterocycles. The second kappa shape index (κ2) is 11.4. The van der Waals surface area contributed by atoms with Crippen LogP contribution < -0.4 is 5.32 Å². The third kappa shape index (κ3) is 9.50. The number of hydrogen-bond donors (Lipinski definition) is 2. The molecule has 0 aliphatic rings. The van der Waals surface area contributed by atoms with E-state index in [-0.39, 0.29) is 0 Å². The predicted octanol–water partition coefficient (Wildman–Crippen LogP) is 3.22. The SMILES string of the molecule is C=N/C(=C\C(=N)/C=C\C)NC(C)CCN(C)CCCC. The first-order valence-electron chi connectivity index (χ1n) is 7.38. The number of hydrogen-bond acceptors (Lipinski definition) is 4. The molecule has 2 N–H and O–H groups in total. The minimum atomic E-state index is 0.314. The van der Waals surface area contributed by atoms with Crippen molar-refractivity contribution < 1.29 is 0 Å². The van der Waals surface area contributed by atoms with Crippen molar-refractivity contribution in [1.29, 1.82) is 5.41 Å². The molecule has 114 valence electrons. The van der Waals surface area contributed by atoms with Crippen LogP contribution in [0, 0.1) is 5.41 Å². The molecular formula is C16H30N4. The van der Waals surface area contributed by atoms with Crippen LogP contribution in [-0.2, 0) is 0 Å². The van der Waals surface area contributed by atoms with Gasteiger partial charge in [-0.3, -0.25) is 0 Å². The van der Waals surface area contributed by atoms with E-state index in [1.165, 1.54) is 12.8 Å². The molecule has 4 nitrogen and oxygen atoms in total. The molecule has 0 saturated heterocycles. The van der Waals surface area contributed by atoms with Crippen LogP contribution in [0.4, 0.5) is 0 Å². The van der Waals surface area contributed by atoms with E-state index in [0.717, 1.165) is 19.5 Å². The molecule has 1 atom stereocenters. The fourth-order valence-corrected chi connectivity index (χ4v) is 1.79. The Labute approximate surface area is 124 Å². The summed E-state index contributed by atoms with van der Waals surface area (Å²) in [6, 6.07) is 0.314. The van der Waals surface area contributed by atoms with Crippen molar-refractivity contribution >= 4 is 12.4 Å². The van der Waals surface area contributed by atoms with Gasteiger partial charge >= 0.3 is 0 Å². The van der Waals surface area contributed by atoms with E-state index < -0.39 is 0 Å². The molecule has 20 heavy (non-hydrogen) atoms. The van der Waals surface area contributed by atoms with Crippen molar-refractivity contribution in [2.24, 2.45) is 4.99 Å². The fourth-order valence-electron chi connectivity index (χ4n) is 1.79. The zero-order valence-corrected chi connectivity index (χ0v) is 13.4. The maximum atomic E-state index is 7.71. The Morgan fingerprint density at radius 2 is 2.15 bits per heavy atom. The quantitative estimate of drug-likeness (QED) is 0.570. The van der Waals surface area contributed by atoms with E-state index >= 15 is 0 Å². The molecule has 0 radical (unpaired) electrons. The fraction of sp³-hybridized carbons (Fsp3) is 0.625. The number of rotatable bonds is 11. The highest BCUT2D eigenvalue weighted by Gasteiger charge is 2.05. The zero-order chi connectivity index (χ0) is 15.4. The molecule has 0 spiro atoms.